The van der Waals surface area contributed by atoms with Gasteiger partial charge in [0.05, 0.1) is 11.8 Å². The number of hydrogen-bond acceptors (Lipinski definition) is 3. The first-order valence-electron chi connectivity index (χ1n) is 6.51. The molecule has 0 bridgehead atoms. The second-order valence-corrected chi connectivity index (χ2v) is 4.81. The van der Waals surface area contributed by atoms with Gasteiger partial charge in [0, 0.05) is 25.4 Å². The van der Waals surface area contributed by atoms with Gasteiger partial charge in [-0.15, -0.1) is 0 Å². The molecule has 17 heavy (non-hydrogen) atoms. The lowest BCUT2D eigenvalue weighted by Gasteiger charge is -2.33. The van der Waals surface area contributed by atoms with Crippen LogP contribution in [0.1, 0.15) is 44.3 Å². The molecule has 0 aliphatic heterocycles. The Morgan fingerprint density at radius 1 is 1.35 bits per heavy atom. The van der Waals surface area contributed by atoms with Crippen molar-refractivity contribution in [3.63, 3.8) is 0 Å². The van der Waals surface area contributed by atoms with Crippen molar-refractivity contribution in [3.05, 3.63) is 30.1 Å². The van der Waals surface area contributed by atoms with Gasteiger partial charge in [0.2, 0.25) is 0 Å². The summed E-state index contributed by atoms with van der Waals surface area (Å²) < 4.78 is 5.56. The summed E-state index contributed by atoms with van der Waals surface area (Å²) in [5.74, 6) is 0. The third kappa shape index (κ3) is 3.27. The number of nitrogens with one attached hydrogen (secondary N) is 1. The van der Waals surface area contributed by atoms with E-state index in [1.807, 2.05) is 25.4 Å². The molecule has 1 aromatic rings. The second kappa shape index (κ2) is 6.12. The van der Waals surface area contributed by atoms with E-state index in [0.717, 1.165) is 5.69 Å². The Bertz CT molecular complexity index is 328. The molecule has 1 aliphatic rings. The third-order valence-corrected chi connectivity index (χ3v) is 3.60. The highest BCUT2D eigenvalue weighted by atomic mass is 16.5. The van der Waals surface area contributed by atoms with Crippen LogP contribution >= 0.6 is 0 Å². The first kappa shape index (κ1) is 12.5. The van der Waals surface area contributed by atoms with Gasteiger partial charge in [-0.2, -0.15) is 0 Å². The summed E-state index contributed by atoms with van der Waals surface area (Å²) in [5, 5.41) is 3.65. The largest absolute Gasteiger partial charge is 0.380 e. The van der Waals surface area contributed by atoms with Gasteiger partial charge in [0.15, 0.2) is 0 Å². The molecule has 3 heteroatoms. The predicted octanol–water partition coefficient (Wildman–Crippen LogP) is 2.69. The Kier molecular flexibility index (Phi) is 4.51. The monoisotopic (exact) mass is 234 g/mol. The molecule has 3 atom stereocenters. The van der Waals surface area contributed by atoms with Crippen molar-refractivity contribution in [2.24, 2.45) is 0 Å². The molecular weight excluding hydrogens is 212 g/mol. The smallest absolute Gasteiger partial charge is 0.0724 e. The lowest BCUT2D eigenvalue weighted by molar-refractivity contribution is 0.0382. The maximum atomic E-state index is 5.56. The molecule has 2 rings (SSSR count). The van der Waals surface area contributed by atoms with Gasteiger partial charge < -0.3 is 10.1 Å². The second-order valence-electron chi connectivity index (χ2n) is 4.81. The number of rotatable bonds is 4. The molecule has 1 aromatic heterocycles. The Labute approximate surface area is 104 Å². The molecular formula is C14H22N2O. The quantitative estimate of drug-likeness (QED) is 0.869. The number of aromatic nitrogens is 1. The molecule has 0 spiro atoms. The van der Waals surface area contributed by atoms with Crippen LogP contribution in [0.2, 0.25) is 0 Å². The summed E-state index contributed by atoms with van der Waals surface area (Å²) in [6.07, 6.45) is 7.16. The molecule has 0 amide bonds. The van der Waals surface area contributed by atoms with Gasteiger partial charge in [0.25, 0.3) is 0 Å². The highest BCUT2D eigenvalue weighted by Crippen LogP contribution is 2.23. The van der Waals surface area contributed by atoms with Crippen molar-refractivity contribution >= 4 is 0 Å². The Hall–Kier alpha value is -0.930. The van der Waals surface area contributed by atoms with E-state index in [2.05, 4.69) is 23.3 Å². The fraction of sp³-hybridized carbons (Fsp3) is 0.643. The van der Waals surface area contributed by atoms with Gasteiger partial charge in [-0.05, 0) is 31.9 Å². The van der Waals surface area contributed by atoms with Crippen LogP contribution in [0.15, 0.2) is 24.4 Å². The van der Waals surface area contributed by atoms with Crippen LogP contribution in [0.25, 0.3) is 0 Å². The van der Waals surface area contributed by atoms with Gasteiger partial charge >= 0.3 is 0 Å². The van der Waals surface area contributed by atoms with Crippen LogP contribution in [0.4, 0.5) is 0 Å². The van der Waals surface area contributed by atoms with E-state index in [1.54, 1.807) is 0 Å². The summed E-state index contributed by atoms with van der Waals surface area (Å²) in [4.78, 5) is 4.39. The van der Waals surface area contributed by atoms with Crippen LogP contribution in [0.3, 0.4) is 0 Å². The molecule has 0 radical (unpaired) electrons. The van der Waals surface area contributed by atoms with E-state index in [4.69, 9.17) is 4.74 Å². The molecule has 94 valence electrons. The summed E-state index contributed by atoms with van der Waals surface area (Å²) >= 11 is 0. The number of hydrogen-bond donors (Lipinski definition) is 1. The third-order valence-electron chi connectivity index (χ3n) is 3.60. The number of pyridine rings is 1. The number of nitrogens with zero attached hydrogens (tertiary/aromatic N) is 1. The van der Waals surface area contributed by atoms with E-state index in [1.165, 1.54) is 25.7 Å². The van der Waals surface area contributed by atoms with Crippen molar-refractivity contribution < 1.29 is 4.74 Å². The van der Waals surface area contributed by atoms with Gasteiger partial charge in [-0.25, -0.2) is 0 Å². The molecule has 1 fully saturated rings. The Morgan fingerprint density at radius 2 is 2.18 bits per heavy atom. The van der Waals surface area contributed by atoms with Gasteiger partial charge in [-0.1, -0.05) is 18.9 Å². The van der Waals surface area contributed by atoms with Crippen molar-refractivity contribution in [2.75, 3.05) is 7.11 Å². The van der Waals surface area contributed by atoms with Crippen LogP contribution in [0.5, 0.6) is 0 Å². The van der Waals surface area contributed by atoms with Crippen molar-refractivity contribution in [2.45, 2.75) is 50.8 Å². The van der Waals surface area contributed by atoms with E-state index < -0.39 is 0 Å². The SMILES string of the molecule is COC1CCCCC1NC(C)c1ccccn1. The normalized spacial score (nSPS) is 26.7. The van der Waals surface area contributed by atoms with E-state index >= 15 is 0 Å². The maximum absolute atomic E-state index is 5.56. The lowest BCUT2D eigenvalue weighted by atomic mass is 9.91. The molecule has 1 saturated carbocycles. The predicted molar refractivity (Wildman–Crippen MR) is 68.8 cm³/mol. The summed E-state index contributed by atoms with van der Waals surface area (Å²) in [6, 6.07) is 6.81. The topological polar surface area (TPSA) is 34.1 Å². The first-order valence-corrected chi connectivity index (χ1v) is 6.51. The van der Waals surface area contributed by atoms with E-state index in [-0.39, 0.29) is 6.04 Å². The number of methoxy groups -OCH3 is 1. The lowest BCUT2D eigenvalue weighted by Crippen LogP contribution is -2.44. The zero-order chi connectivity index (χ0) is 12.1. The van der Waals surface area contributed by atoms with Crippen molar-refractivity contribution in [1.82, 2.24) is 10.3 Å². The van der Waals surface area contributed by atoms with Crippen LogP contribution < -0.4 is 5.32 Å². The minimum absolute atomic E-state index is 0.289. The fourth-order valence-electron chi connectivity index (χ4n) is 2.61. The average Bonchev–Trinajstić information content (AvgIpc) is 2.40. The molecule has 0 aromatic carbocycles. The molecule has 1 heterocycles. The minimum atomic E-state index is 0.289. The molecule has 3 nitrogen and oxygen atoms in total. The molecule has 3 unspecified atom stereocenters. The molecule has 1 N–H and O–H groups in total. The van der Waals surface area contributed by atoms with Crippen LogP contribution in [0, 0.1) is 0 Å². The zero-order valence-electron chi connectivity index (χ0n) is 10.7. The van der Waals surface area contributed by atoms with E-state index in [0.29, 0.717) is 12.1 Å². The fourth-order valence-corrected chi connectivity index (χ4v) is 2.61. The highest BCUT2D eigenvalue weighted by molar-refractivity contribution is 5.08. The van der Waals surface area contributed by atoms with E-state index in [9.17, 15) is 0 Å². The van der Waals surface area contributed by atoms with Gasteiger partial charge in [0.1, 0.15) is 0 Å². The van der Waals surface area contributed by atoms with Crippen molar-refractivity contribution in [3.8, 4) is 0 Å². The summed E-state index contributed by atoms with van der Waals surface area (Å²) in [7, 11) is 1.82. The van der Waals surface area contributed by atoms with Crippen LogP contribution in [-0.2, 0) is 4.74 Å². The Balaban J connectivity index is 1.95. The van der Waals surface area contributed by atoms with Gasteiger partial charge in [-0.3, -0.25) is 4.98 Å². The highest BCUT2D eigenvalue weighted by Gasteiger charge is 2.26. The standard InChI is InChI=1S/C14H22N2O/c1-11(12-7-5-6-10-15-12)16-13-8-3-4-9-14(13)17-2/h5-7,10-11,13-14,16H,3-4,8-9H2,1-2H3. The Morgan fingerprint density at radius 3 is 2.88 bits per heavy atom. The summed E-state index contributed by atoms with van der Waals surface area (Å²) in [6.45, 7) is 2.17. The minimum Gasteiger partial charge on any atom is -0.380 e. The summed E-state index contributed by atoms with van der Waals surface area (Å²) in [5.41, 5.74) is 1.10. The first-order chi connectivity index (χ1) is 8.31. The zero-order valence-corrected chi connectivity index (χ0v) is 10.7. The molecule has 0 saturated heterocycles. The maximum Gasteiger partial charge on any atom is 0.0724 e. The number of ether oxygens (including phenoxy) is 1. The molecule has 1 aliphatic carbocycles. The van der Waals surface area contributed by atoms with Crippen molar-refractivity contribution in [1.29, 1.82) is 0 Å². The average molecular weight is 234 g/mol. The van der Waals surface area contributed by atoms with Crippen LogP contribution in [-0.4, -0.2) is 24.2 Å².